The lowest BCUT2D eigenvalue weighted by atomic mass is 10.0. The fraction of sp³-hybridized carbons (Fsp3) is 0. The summed E-state index contributed by atoms with van der Waals surface area (Å²) in [6.45, 7) is 0. The average molecular weight is 303 g/mol. The van der Waals surface area contributed by atoms with Crippen LogP contribution in [-0.4, -0.2) is 15.0 Å². The lowest BCUT2D eigenvalue weighted by Gasteiger charge is -2.08. The second-order valence-electron chi connectivity index (χ2n) is 5.11. The monoisotopic (exact) mass is 303 g/mol. The van der Waals surface area contributed by atoms with Crippen LogP contribution >= 0.6 is 0 Å². The number of aromatic nitrogens is 3. The Labute approximate surface area is 131 Å². The molecule has 0 aliphatic heterocycles. The van der Waals surface area contributed by atoms with Gasteiger partial charge in [0.25, 0.3) is 5.56 Å². The largest absolute Gasteiger partial charge is 0.456 e. The number of nitrogens with one attached hydrogen (secondary N) is 2. The van der Waals surface area contributed by atoms with Gasteiger partial charge < -0.3 is 14.7 Å². The van der Waals surface area contributed by atoms with Crippen molar-refractivity contribution in [2.45, 2.75) is 0 Å². The molecule has 0 bridgehead atoms. The second-order valence-corrected chi connectivity index (χ2v) is 5.11. The normalized spacial score (nSPS) is 10.8. The van der Waals surface area contributed by atoms with Crippen LogP contribution in [0.4, 0.5) is 0 Å². The number of pyridine rings is 2. The molecule has 0 unspecified atom stereocenters. The molecule has 2 N–H and O–H groups in total. The number of aromatic amines is 2. The van der Waals surface area contributed by atoms with E-state index in [-0.39, 0.29) is 5.56 Å². The molecular formula is C18H13N3O2. The minimum absolute atomic E-state index is 0.152. The third-order valence-corrected chi connectivity index (χ3v) is 3.65. The first kappa shape index (κ1) is 13.3. The molecule has 112 valence electrons. The molecule has 3 aromatic heterocycles. The van der Waals surface area contributed by atoms with E-state index in [9.17, 15) is 4.79 Å². The predicted molar refractivity (Wildman–Crippen MR) is 88.7 cm³/mol. The van der Waals surface area contributed by atoms with Gasteiger partial charge in [0.2, 0.25) is 0 Å². The number of benzene rings is 1. The minimum atomic E-state index is -0.152. The van der Waals surface area contributed by atoms with E-state index in [2.05, 4.69) is 15.0 Å². The van der Waals surface area contributed by atoms with Crippen LogP contribution in [0.2, 0.25) is 0 Å². The fourth-order valence-electron chi connectivity index (χ4n) is 2.59. The number of hydrogen-bond acceptors (Lipinski definition) is 3. The van der Waals surface area contributed by atoms with E-state index < -0.39 is 0 Å². The molecular weight excluding hydrogens is 290 g/mol. The van der Waals surface area contributed by atoms with Crippen LogP contribution in [0.3, 0.4) is 0 Å². The van der Waals surface area contributed by atoms with Gasteiger partial charge in [-0.05, 0) is 35.9 Å². The summed E-state index contributed by atoms with van der Waals surface area (Å²) in [6, 6.07) is 13.1. The molecule has 0 fully saturated rings. The van der Waals surface area contributed by atoms with Crippen LogP contribution in [0.25, 0.3) is 22.0 Å². The molecule has 0 spiro atoms. The molecule has 3 heterocycles. The van der Waals surface area contributed by atoms with Crippen LogP contribution in [0.1, 0.15) is 0 Å². The Morgan fingerprint density at radius 1 is 0.913 bits per heavy atom. The van der Waals surface area contributed by atoms with Crippen molar-refractivity contribution in [3.8, 4) is 22.6 Å². The summed E-state index contributed by atoms with van der Waals surface area (Å²) in [5, 5.41) is 0.999. The molecule has 5 nitrogen and oxygen atoms in total. The second kappa shape index (κ2) is 5.46. The van der Waals surface area contributed by atoms with Crippen LogP contribution in [0.15, 0.2) is 72.0 Å². The zero-order valence-electron chi connectivity index (χ0n) is 12.1. The standard InChI is InChI=1S/C18H13N3O2/c22-18-16(14-2-1-3-17-15(14)6-9-20-17)10-13(11-21-18)23-12-4-7-19-8-5-12/h1-11,20H,(H,21,22). The summed E-state index contributed by atoms with van der Waals surface area (Å²) in [7, 11) is 0. The van der Waals surface area contributed by atoms with Crippen LogP contribution in [-0.2, 0) is 0 Å². The topological polar surface area (TPSA) is 70.8 Å². The highest BCUT2D eigenvalue weighted by Crippen LogP contribution is 2.28. The van der Waals surface area contributed by atoms with Gasteiger partial charge >= 0.3 is 0 Å². The SMILES string of the molecule is O=c1[nH]cc(Oc2ccncc2)cc1-c1cccc2[nH]ccc12. The molecule has 0 saturated heterocycles. The lowest BCUT2D eigenvalue weighted by molar-refractivity contribution is 0.479. The summed E-state index contributed by atoms with van der Waals surface area (Å²) >= 11 is 0. The van der Waals surface area contributed by atoms with E-state index in [4.69, 9.17) is 4.74 Å². The molecule has 0 atom stereocenters. The number of fused-ring (bicyclic) bond motifs is 1. The number of nitrogens with zero attached hydrogens (tertiary/aromatic N) is 1. The Balaban J connectivity index is 1.81. The Morgan fingerprint density at radius 2 is 1.78 bits per heavy atom. The number of ether oxygens (including phenoxy) is 1. The molecule has 0 amide bonds. The number of rotatable bonds is 3. The summed E-state index contributed by atoms with van der Waals surface area (Å²) < 4.78 is 5.77. The van der Waals surface area contributed by atoms with Crippen molar-refractivity contribution in [1.82, 2.24) is 15.0 Å². The maximum absolute atomic E-state index is 12.3. The van der Waals surface area contributed by atoms with E-state index in [1.165, 1.54) is 0 Å². The first-order chi connectivity index (χ1) is 11.3. The third kappa shape index (κ3) is 2.48. The minimum Gasteiger partial charge on any atom is -0.456 e. The zero-order chi connectivity index (χ0) is 15.6. The maximum Gasteiger partial charge on any atom is 0.256 e. The van der Waals surface area contributed by atoms with Gasteiger partial charge in [-0.1, -0.05) is 12.1 Å². The van der Waals surface area contributed by atoms with Gasteiger partial charge in [0, 0.05) is 35.7 Å². The van der Waals surface area contributed by atoms with Gasteiger partial charge in [-0.2, -0.15) is 0 Å². The van der Waals surface area contributed by atoms with Crippen molar-refractivity contribution >= 4 is 10.9 Å². The molecule has 1 aromatic carbocycles. The van der Waals surface area contributed by atoms with Crippen molar-refractivity contribution in [3.05, 3.63) is 77.6 Å². The van der Waals surface area contributed by atoms with E-state index >= 15 is 0 Å². The smallest absolute Gasteiger partial charge is 0.256 e. The third-order valence-electron chi connectivity index (χ3n) is 3.65. The molecule has 0 saturated carbocycles. The van der Waals surface area contributed by atoms with Crippen molar-refractivity contribution in [2.24, 2.45) is 0 Å². The van der Waals surface area contributed by atoms with Gasteiger partial charge in [0.1, 0.15) is 11.5 Å². The van der Waals surface area contributed by atoms with Crippen molar-refractivity contribution in [2.75, 3.05) is 0 Å². The molecule has 4 rings (SSSR count). The van der Waals surface area contributed by atoms with Crippen LogP contribution in [0, 0.1) is 0 Å². The van der Waals surface area contributed by atoms with E-state index in [1.54, 1.807) is 36.8 Å². The molecule has 0 radical (unpaired) electrons. The first-order valence-corrected chi connectivity index (χ1v) is 7.18. The Bertz CT molecular complexity index is 1020. The molecule has 4 aromatic rings. The Hall–Kier alpha value is -3.34. The van der Waals surface area contributed by atoms with E-state index in [1.807, 2.05) is 30.5 Å². The van der Waals surface area contributed by atoms with Gasteiger partial charge in [-0.15, -0.1) is 0 Å². The molecule has 0 aliphatic rings. The quantitative estimate of drug-likeness (QED) is 0.606. The van der Waals surface area contributed by atoms with E-state index in [0.29, 0.717) is 17.1 Å². The summed E-state index contributed by atoms with van der Waals surface area (Å²) in [5.74, 6) is 1.23. The van der Waals surface area contributed by atoms with Gasteiger partial charge in [0.15, 0.2) is 0 Å². The van der Waals surface area contributed by atoms with Crippen molar-refractivity contribution in [3.63, 3.8) is 0 Å². The molecule has 23 heavy (non-hydrogen) atoms. The van der Waals surface area contributed by atoms with E-state index in [0.717, 1.165) is 16.5 Å². The highest BCUT2D eigenvalue weighted by Gasteiger charge is 2.10. The summed E-state index contributed by atoms with van der Waals surface area (Å²) in [5.41, 5.74) is 2.27. The lowest BCUT2D eigenvalue weighted by Crippen LogP contribution is -2.08. The number of hydrogen-bond donors (Lipinski definition) is 2. The fourth-order valence-corrected chi connectivity index (χ4v) is 2.59. The van der Waals surface area contributed by atoms with Gasteiger partial charge in [-0.25, -0.2) is 0 Å². The van der Waals surface area contributed by atoms with Gasteiger partial charge in [-0.3, -0.25) is 9.78 Å². The first-order valence-electron chi connectivity index (χ1n) is 7.18. The highest BCUT2D eigenvalue weighted by atomic mass is 16.5. The van der Waals surface area contributed by atoms with Crippen LogP contribution in [0.5, 0.6) is 11.5 Å². The van der Waals surface area contributed by atoms with Crippen molar-refractivity contribution in [1.29, 1.82) is 0 Å². The predicted octanol–water partition coefficient (Wildman–Crippen LogP) is 3.71. The maximum atomic E-state index is 12.3. The molecule has 0 aliphatic carbocycles. The Morgan fingerprint density at radius 3 is 2.65 bits per heavy atom. The summed E-state index contributed by atoms with van der Waals surface area (Å²) in [4.78, 5) is 22.1. The highest BCUT2D eigenvalue weighted by molar-refractivity contribution is 5.95. The number of H-pyrrole nitrogens is 2. The van der Waals surface area contributed by atoms with Crippen molar-refractivity contribution < 1.29 is 4.74 Å². The van der Waals surface area contributed by atoms with Gasteiger partial charge in [0.05, 0.1) is 5.56 Å². The average Bonchev–Trinajstić information content (AvgIpc) is 3.06. The van der Waals surface area contributed by atoms with Crippen LogP contribution < -0.4 is 10.3 Å². The Kier molecular flexibility index (Phi) is 3.16. The summed E-state index contributed by atoms with van der Waals surface area (Å²) in [6.07, 6.45) is 6.73. The zero-order valence-corrected chi connectivity index (χ0v) is 12.1. The molecule has 5 heteroatoms.